The summed E-state index contributed by atoms with van der Waals surface area (Å²) in [7, 11) is 0. The number of ether oxygens (including phenoxy) is 2. The number of carbonyl (C=O) groups excluding carboxylic acids is 1. The Bertz CT molecular complexity index is 726. The predicted octanol–water partition coefficient (Wildman–Crippen LogP) is 7.06. The zero-order valence-electron chi connectivity index (χ0n) is 26.9. The Morgan fingerprint density at radius 1 is 0.667 bits per heavy atom. The van der Waals surface area contributed by atoms with Gasteiger partial charge >= 0.3 is 5.97 Å². The molecule has 7 atom stereocenters. The van der Waals surface area contributed by atoms with Gasteiger partial charge in [0.1, 0.15) is 6.10 Å². The third kappa shape index (κ3) is 16.2. The van der Waals surface area contributed by atoms with E-state index in [1.165, 1.54) is 57.8 Å². The summed E-state index contributed by atoms with van der Waals surface area (Å²) in [5.74, 6) is -0.309. The van der Waals surface area contributed by atoms with Crippen LogP contribution in [0.25, 0.3) is 0 Å². The molecular formula is C35H64O7. The molecule has 0 saturated carbocycles. The van der Waals surface area contributed by atoms with Crippen molar-refractivity contribution < 1.29 is 34.7 Å². The standard InChI is InChI=1S/C35H64O7/c1-3-4-5-6-7-8-9-10-11-16-21-31(38)33-23-24-34(42-33)32(39)22-17-20-29(36)18-14-12-13-15-19-30(37)26-28-25-27(2)41-35(28)40/h25,27,29-34,36-39H,3-24,26H2,1-2H3/t27-,29-,30+,31-,32-,33-,34-/m0/s1. The van der Waals surface area contributed by atoms with E-state index < -0.39 is 18.3 Å². The minimum atomic E-state index is -0.539. The SMILES string of the molecule is CCCCCCCCCCCC[C@H](O)[C@@H]1CC[C@@H]([C@@H](O)CCC[C@@H](O)CCCCCC[C@@H](O)CC2=C[C@H](C)OC2=O)O1. The van der Waals surface area contributed by atoms with E-state index in [0.717, 1.165) is 64.2 Å². The third-order valence-corrected chi connectivity index (χ3v) is 9.11. The van der Waals surface area contributed by atoms with Gasteiger partial charge in [-0.1, -0.05) is 96.8 Å². The first-order valence-corrected chi connectivity index (χ1v) is 17.6. The van der Waals surface area contributed by atoms with E-state index in [-0.39, 0.29) is 30.4 Å². The van der Waals surface area contributed by atoms with Crippen molar-refractivity contribution in [1.29, 1.82) is 0 Å². The normalized spacial score (nSPS) is 23.5. The molecule has 2 aliphatic rings. The average molecular weight is 597 g/mol. The molecule has 0 aliphatic carbocycles. The summed E-state index contributed by atoms with van der Waals surface area (Å²) in [5.41, 5.74) is 0.583. The summed E-state index contributed by atoms with van der Waals surface area (Å²) < 4.78 is 11.1. The van der Waals surface area contributed by atoms with Gasteiger partial charge in [-0.3, -0.25) is 0 Å². The molecule has 0 amide bonds. The highest BCUT2D eigenvalue weighted by Crippen LogP contribution is 2.28. The van der Waals surface area contributed by atoms with Crippen molar-refractivity contribution in [2.45, 2.75) is 204 Å². The zero-order valence-corrected chi connectivity index (χ0v) is 26.9. The molecule has 2 heterocycles. The van der Waals surface area contributed by atoms with Gasteiger partial charge in [-0.05, 0) is 64.4 Å². The van der Waals surface area contributed by atoms with Crippen LogP contribution in [0.1, 0.15) is 162 Å². The Balaban J connectivity index is 1.41. The number of aliphatic hydroxyl groups is 4. The van der Waals surface area contributed by atoms with Gasteiger partial charge in [0, 0.05) is 12.0 Å². The van der Waals surface area contributed by atoms with Gasteiger partial charge in [-0.25, -0.2) is 4.79 Å². The first-order valence-electron chi connectivity index (χ1n) is 17.6. The number of esters is 1. The van der Waals surface area contributed by atoms with Crippen molar-refractivity contribution >= 4 is 5.97 Å². The Hall–Kier alpha value is -0.990. The molecule has 0 aromatic heterocycles. The lowest BCUT2D eigenvalue weighted by Crippen LogP contribution is -2.31. The largest absolute Gasteiger partial charge is 0.455 e. The molecule has 246 valence electrons. The molecule has 2 aliphatic heterocycles. The fraction of sp³-hybridized carbons (Fsp3) is 0.914. The van der Waals surface area contributed by atoms with E-state index >= 15 is 0 Å². The highest BCUT2D eigenvalue weighted by molar-refractivity contribution is 5.90. The molecule has 0 spiro atoms. The lowest BCUT2D eigenvalue weighted by atomic mass is 9.99. The summed E-state index contributed by atoms with van der Waals surface area (Å²) in [6.07, 6.45) is 22.3. The molecular weight excluding hydrogens is 532 g/mol. The first-order chi connectivity index (χ1) is 20.3. The summed E-state index contributed by atoms with van der Waals surface area (Å²) in [6, 6.07) is 0. The molecule has 0 bridgehead atoms. The maximum atomic E-state index is 11.6. The molecule has 0 aromatic carbocycles. The van der Waals surface area contributed by atoms with Crippen molar-refractivity contribution in [3.05, 3.63) is 11.6 Å². The Kier molecular flexibility index (Phi) is 19.9. The molecule has 42 heavy (non-hydrogen) atoms. The van der Waals surface area contributed by atoms with Gasteiger partial charge in [0.05, 0.1) is 36.6 Å². The second-order valence-electron chi connectivity index (χ2n) is 13.1. The second-order valence-corrected chi connectivity index (χ2v) is 13.1. The van der Waals surface area contributed by atoms with Crippen LogP contribution in [0.4, 0.5) is 0 Å². The quantitative estimate of drug-likeness (QED) is 0.0624. The molecule has 1 fully saturated rings. The van der Waals surface area contributed by atoms with E-state index in [4.69, 9.17) is 9.47 Å². The number of hydrogen-bond donors (Lipinski definition) is 4. The average Bonchev–Trinajstić information content (AvgIpc) is 3.57. The van der Waals surface area contributed by atoms with Gasteiger partial charge in [-0.2, -0.15) is 0 Å². The lowest BCUT2D eigenvalue weighted by Gasteiger charge is -2.22. The van der Waals surface area contributed by atoms with Crippen LogP contribution in [0.5, 0.6) is 0 Å². The highest BCUT2D eigenvalue weighted by Gasteiger charge is 2.34. The number of hydrogen-bond acceptors (Lipinski definition) is 7. The molecule has 7 nitrogen and oxygen atoms in total. The first kappa shape index (κ1) is 37.2. The predicted molar refractivity (Wildman–Crippen MR) is 168 cm³/mol. The maximum Gasteiger partial charge on any atom is 0.334 e. The minimum absolute atomic E-state index is 0.157. The van der Waals surface area contributed by atoms with Crippen LogP contribution in [0.3, 0.4) is 0 Å². The Labute approximate surface area is 256 Å². The van der Waals surface area contributed by atoms with Gasteiger partial charge < -0.3 is 29.9 Å². The Morgan fingerprint density at radius 2 is 1.12 bits per heavy atom. The van der Waals surface area contributed by atoms with E-state index in [1.807, 2.05) is 6.92 Å². The molecule has 0 aromatic rings. The number of carbonyl (C=O) groups is 1. The van der Waals surface area contributed by atoms with Crippen LogP contribution < -0.4 is 0 Å². The number of unbranched alkanes of at least 4 members (excludes halogenated alkanes) is 12. The van der Waals surface area contributed by atoms with Crippen LogP contribution in [0.2, 0.25) is 0 Å². The van der Waals surface area contributed by atoms with E-state index in [2.05, 4.69) is 6.92 Å². The summed E-state index contributed by atoms with van der Waals surface area (Å²) >= 11 is 0. The summed E-state index contributed by atoms with van der Waals surface area (Å²) in [4.78, 5) is 11.6. The van der Waals surface area contributed by atoms with Crippen molar-refractivity contribution in [3.8, 4) is 0 Å². The molecule has 0 unspecified atom stereocenters. The van der Waals surface area contributed by atoms with Crippen molar-refractivity contribution in [3.63, 3.8) is 0 Å². The second kappa shape index (κ2) is 22.5. The third-order valence-electron chi connectivity index (χ3n) is 9.11. The summed E-state index contributed by atoms with van der Waals surface area (Å²) in [5, 5.41) is 41.7. The van der Waals surface area contributed by atoms with Crippen molar-refractivity contribution in [2.75, 3.05) is 0 Å². The van der Waals surface area contributed by atoms with Gasteiger partial charge in [-0.15, -0.1) is 0 Å². The Morgan fingerprint density at radius 3 is 1.64 bits per heavy atom. The maximum absolute atomic E-state index is 11.6. The van der Waals surface area contributed by atoms with E-state index in [9.17, 15) is 25.2 Å². The van der Waals surface area contributed by atoms with Gasteiger partial charge in [0.25, 0.3) is 0 Å². The number of cyclic esters (lactones) is 1. The fourth-order valence-electron chi connectivity index (χ4n) is 6.43. The van der Waals surface area contributed by atoms with Crippen LogP contribution in [0, 0.1) is 0 Å². The minimum Gasteiger partial charge on any atom is -0.455 e. The van der Waals surface area contributed by atoms with Crippen LogP contribution >= 0.6 is 0 Å². The smallest absolute Gasteiger partial charge is 0.334 e. The number of aliphatic hydroxyl groups excluding tert-OH is 4. The van der Waals surface area contributed by atoms with Crippen LogP contribution in [0.15, 0.2) is 11.6 Å². The lowest BCUT2D eigenvalue weighted by molar-refractivity contribution is -0.139. The number of rotatable bonds is 26. The van der Waals surface area contributed by atoms with Crippen LogP contribution in [-0.4, -0.2) is 69.1 Å². The van der Waals surface area contributed by atoms with Crippen molar-refractivity contribution in [1.82, 2.24) is 0 Å². The van der Waals surface area contributed by atoms with Crippen LogP contribution in [-0.2, 0) is 14.3 Å². The molecule has 4 N–H and O–H groups in total. The van der Waals surface area contributed by atoms with E-state index in [0.29, 0.717) is 31.3 Å². The molecule has 0 radical (unpaired) electrons. The van der Waals surface area contributed by atoms with Gasteiger partial charge in [0.2, 0.25) is 0 Å². The molecule has 2 rings (SSSR count). The van der Waals surface area contributed by atoms with Gasteiger partial charge in [0.15, 0.2) is 0 Å². The zero-order chi connectivity index (χ0) is 30.6. The molecule has 7 heteroatoms. The summed E-state index contributed by atoms with van der Waals surface area (Å²) in [6.45, 7) is 4.07. The fourth-order valence-corrected chi connectivity index (χ4v) is 6.43. The molecule has 1 saturated heterocycles. The van der Waals surface area contributed by atoms with Crippen molar-refractivity contribution in [2.24, 2.45) is 0 Å². The monoisotopic (exact) mass is 596 g/mol. The van der Waals surface area contributed by atoms with E-state index in [1.54, 1.807) is 6.08 Å². The topological polar surface area (TPSA) is 116 Å². The highest BCUT2D eigenvalue weighted by atomic mass is 16.5.